The Morgan fingerprint density at radius 3 is 2.81 bits per heavy atom. The molecule has 2 aromatic carbocycles. The first-order chi connectivity index (χ1) is 13.3. The summed E-state index contributed by atoms with van der Waals surface area (Å²) in [4.78, 5) is 17.3. The van der Waals surface area contributed by atoms with Crippen molar-refractivity contribution in [3.63, 3.8) is 0 Å². The number of carbonyl (C=O) groups is 1. The van der Waals surface area contributed by atoms with Crippen LogP contribution < -0.4 is 15.0 Å². The van der Waals surface area contributed by atoms with E-state index >= 15 is 0 Å². The van der Waals surface area contributed by atoms with Crippen molar-refractivity contribution in [2.75, 3.05) is 36.5 Å². The zero-order valence-electron chi connectivity index (χ0n) is 15.9. The molecule has 2 aromatic rings. The van der Waals surface area contributed by atoms with E-state index < -0.39 is 0 Å². The van der Waals surface area contributed by atoms with E-state index in [-0.39, 0.29) is 12.1 Å². The Bertz CT molecular complexity index is 793. The highest BCUT2D eigenvalue weighted by atomic mass is 16.5. The SMILES string of the molecule is CCC1CN(c2ccccc2)CCN1C(=O)Nc1cccc2c1OCCC2. The molecule has 142 valence electrons. The molecule has 5 nitrogen and oxygen atoms in total. The summed E-state index contributed by atoms with van der Waals surface area (Å²) < 4.78 is 5.83. The van der Waals surface area contributed by atoms with Gasteiger partial charge in [-0.3, -0.25) is 0 Å². The second-order valence-corrected chi connectivity index (χ2v) is 7.21. The Morgan fingerprint density at radius 2 is 2.00 bits per heavy atom. The fraction of sp³-hybridized carbons (Fsp3) is 0.409. The second-order valence-electron chi connectivity index (χ2n) is 7.21. The molecule has 0 saturated carbocycles. The van der Waals surface area contributed by atoms with Crippen molar-refractivity contribution in [1.82, 2.24) is 4.90 Å². The average Bonchev–Trinajstić information content (AvgIpc) is 2.74. The number of piperazine rings is 1. The van der Waals surface area contributed by atoms with Crippen molar-refractivity contribution in [2.45, 2.75) is 32.2 Å². The highest BCUT2D eigenvalue weighted by molar-refractivity contribution is 5.91. The van der Waals surface area contributed by atoms with E-state index in [0.717, 1.165) is 50.3 Å². The molecule has 0 bridgehead atoms. The number of para-hydroxylation sites is 2. The minimum Gasteiger partial charge on any atom is -0.491 e. The number of anilines is 2. The molecule has 4 rings (SSSR count). The number of nitrogens with one attached hydrogen (secondary N) is 1. The third-order valence-corrected chi connectivity index (χ3v) is 5.51. The summed E-state index contributed by atoms with van der Waals surface area (Å²) in [6.45, 7) is 5.28. The van der Waals surface area contributed by atoms with Crippen LogP contribution in [0.25, 0.3) is 0 Å². The molecule has 27 heavy (non-hydrogen) atoms. The van der Waals surface area contributed by atoms with E-state index in [1.165, 1.54) is 11.3 Å². The van der Waals surface area contributed by atoms with Gasteiger partial charge in [-0.05, 0) is 43.0 Å². The van der Waals surface area contributed by atoms with Crippen LogP contribution in [0, 0.1) is 0 Å². The average molecular weight is 365 g/mol. The van der Waals surface area contributed by atoms with Gasteiger partial charge in [-0.15, -0.1) is 0 Å². The zero-order valence-corrected chi connectivity index (χ0v) is 15.9. The summed E-state index contributed by atoms with van der Waals surface area (Å²) in [7, 11) is 0. The first kappa shape index (κ1) is 17.7. The number of rotatable bonds is 3. The number of fused-ring (bicyclic) bond motifs is 1. The topological polar surface area (TPSA) is 44.8 Å². The summed E-state index contributed by atoms with van der Waals surface area (Å²) in [5.74, 6) is 0.841. The number of amides is 2. The van der Waals surface area contributed by atoms with E-state index in [1.807, 2.05) is 23.1 Å². The number of hydrogen-bond acceptors (Lipinski definition) is 3. The molecule has 2 amide bonds. The lowest BCUT2D eigenvalue weighted by molar-refractivity contribution is 0.176. The normalized spacial score (nSPS) is 19.2. The number of urea groups is 1. The lowest BCUT2D eigenvalue weighted by Crippen LogP contribution is -2.56. The third kappa shape index (κ3) is 3.72. The summed E-state index contributed by atoms with van der Waals surface area (Å²) in [5.41, 5.74) is 3.19. The highest BCUT2D eigenvalue weighted by Gasteiger charge is 2.30. The summed E-state index contributed by atoms with van der Waals surface area (Å²) in [6.07, 6.45) is 2.97. The van der Waals surface area contributed by atoms with Crippen molar-refractivity contribution in [2.24, 2.45) is 0 Å². The number of nitrogens with zero attached hydrogens (tertiary/aromatic N) is 2. The van der Waals surface area contributed by atoms with E-state index in [4.69, 9.17) is 4.74 Å². The highest BCUT2D eigenvalue weighted by Crippen LogP contribution is 2.33. The van der Waals surface area contributed by atoms with Crippen LogP contribution in [0.5, 0.6) is 5.75 Å². The number of aryl methyl sites for hydroxylation is 1. The Kier molecular flexibility index (Phi) is 5.19. The van der Waals surface area contributed by atoms with E-state index in [9.17, 15) is 4.79 Å². The molecule has 0 spiro atoms. The summed E-state index contributed by atoms with van der Waals surface area (Å²) in [5, 5.41) is 3.10. The van der Waals surface area contributed by atoms with Crippen LogP contribution in [0.2, 0.25) is 0 Å². The van der Waals surface area contributed by atoms with E-state index in [1.54, 1.807) is 0 Å². The minimum absolute atomic E-state index is 0.0304. The Hall–Kier alpha value is -2.69. The molecule has 2 aliphatic heterocycles. The molecule has 5 heteroatoms. The fourth-order valence-electron chi connectivity index (χ4n) is 4.02. The van der Waals surface area contributed by atoms with Gasteiger partial charge in [0.05, 0.1) is 18.3 Å². The summed E-state index contributed by atoms with van der Waals surface area (Å²) >= 11 is 0. The van der Waals surface area contributed by atoms with Gasteiger partial charge >= 0.3 is 6.03 Å². The van der Waals surface area contributed by atoms with Crippen molar-refractivity contribution in [3.05, 3.63) is 54.1 Å². The first-order valence-electron chi connectivity index (χ1n) is 9.88. The molecule has 1 fully saturated rings. The van der Waals surface area contributed by atoms with Crippen LogP contribution in [-0.4, -0.2) is 43.2 Å². The van der Waals surface area contributed by atoms with Gasteiger partial charge in [0.25, 0.3) is 0 Å². The number of hydrogen-bond donors (Lipinski definition) is 1. The molecule has 0 radical (unpaired) electrons. The van der Waals surface area contributed by atoms with Gasteiger partial charge in [0, 0.05) is 25.3 Å². The Labute approximate surface area is 160 Å². The molecule has 1 atom stereocenters. The van der Waals surface area contributed by atoms with Crippen molar-refractivity contribution < 1.29 is 9.53 Å². The lowest BCUT2D eigenvalue weighted by atomic mass is 10.1. The predicted molar refractivity (Wildman–Crippen MR) is 109 cm³/mol. The minimum atomic E-state index is -0.0304. The molecular weight excluding hydrogens is 338 g/mol. The molecule has 2 heterocycles. The molecule has 2 aliphatic rings. The maximum atomic E-state index is 13.0. The number of carbonyl (C=O) groups excluding carboxylic acids is 1. The van der Waals surface area contributed by atoms with E-state index in [0.29, 0.717) is 6.61 Å². The molecule has 1 unspecified atom stereocenters. The third-order valence-electron chi connectivity index (χ3n) is 5.51. The van der Waals surface area contributed by atoms with Gasteiger partial charge in [-0.25, -0.2) is 4.79 Å². The van der Waals surface area contributed by atoms with Gasteiger partial charge < -0.3 is 19.9 Å². The van der Waals surface area contributed by atoms with Crippen molar-refractivity contribution in [1.29, 1.82) is 0 Å². The molecule has 0 aromatic heterocycles. The maximum absolute atomic E-state index is 13.0. The molecule has 1 N–H and O–H groups in total. The van der Waals surface area contributed by atoms with Crippen LogP contribution in [0.15, 0.2) is 48.5 Å². The lowest BCUT2D eigenvalue weighted by Gasteiger charge is -2.42. The van der Waals surface area contributed by atoms with Gasteiger partial charge in [0.2, 0.25) is 0 Å². The van der Waals surface area contributed by atoms with Gasteiger partial charge in [0.1, 0.15) is 5.75 Å². The maximum Gasteiger partial charge on any atom is 0.322 e. The quantitative estimate of drug-likeness (QED) is 0.889. The molecule has 1 saturated heterocycles. The zero-order chi connectivity index (χ0) is 18.6. The monoisotopic (exact) mass is 365 g/mol. The number of benzene rings is 2. The summed E-state index contributed by atoms with van der Waals surface area (Å²) in [6, 6.07) is 16.6. The van der Waals surface area contributed by atoms with E-state index in [2.05, 4.69) is 47.5 Å². The number of ether oxygens (including phenoxy) is 1. The van der Waals surface area contributed by atoms with Gasteiger partial charge in [-0.1, -0.05) is 37.3 Å². The standard InChI is InChI=1S/C22H27N3O2/c1-2-18-16-24(19-10-4-3-5-11-19)13-14-25(18)22(26)23-20-12-6-8-17-9-7-15-27-21(17)20/h3-6,8,10-12,18H,2,7,9,13-16H2,1H3,(H,23,26). The van der Waals surface area contributed by atoms with Crippen molar-refractivity contribution in [3.8, 4) is 5.75 Å². The van der Waals surface area contributed by atoms with Crippen molar-refractivity contribution >= 4 is 17.4 Å². The fourth-order valence-corrected chi connectivity index (χ4v) is 4.02. The van der Waals surface area contributed by atoms with Gasteiger partial charge in [0.15, 0.2) is 0 Å². The first-order valence-corrected chi connectivity index (χ1v) is 9.88. The molecular formula is C22H27N3O2. The smallest absolute Gasteiger partial charge is 0.322 e. The second kappa shape index (κ2) is 7.91. The van der Waals surface area contributed by atoms with Crippen LogP contribution in [-0.2, 0) is 6.42 Å². The molecule has 0 aliphatic carbocycles. The Balaban J connectivity index is 1.46. The largest absolute Gasteiger partial charge is 0.491 e. The van der Waals surface area contributed by atoms with Crippen LogP contribution in [0.3, 0.4) is 0 Å². The predicted octanol–water partition coefficient (Wildman–Crippen LogP) is 4.14. The Morgan fingerprint density at radius 1 is 1.15 bits per heavy atom. The van der Waals surface area contributed by atoms with Crippen LogP contribution in [0.1, 0.15) is 25.3 Å². The van der Waals surface area contributed by atoms with Crippen LogP contribution in [0.4, 0.5) is 16.2 Å². The van der Waals surface area contributed by atoms with Crippen LogP contribution >= 0.6 is 0 Å². The van der Waals surface area contributed by atoms with Gasteiger partial charge in [-0.2, -0.15) is 0 Å².